The van der Waals surface area contributed by atoms with Crippen LogP contribution >= 0.6 is 15.9 Å². The molecule has 0 aliphatic carbocycles. The van der Waals surface area contributed by atoms with Crippen LogP contribution in [0.4, 0.5) is 14.5 Å². The molecule has 0 radical (unpaired) electrons. The van der Waals surface area contributed by atoms with Crippen molar-refractivity contribution in [3.63, 3.8) is 0 Å². The Morgan fingerprint density at radius 2 is 2.27 bits per heavy atom. The van der Waals surface area contributed by atoms with Crippen molar-refractivity contribution < 1.29 is 18.8 Å². The van der Waals surface area contributed by atoms with Gasteiger partial charge in [0.25, 0.3) is 12.1 Å². The zero-order valence-corrected chi connectivity index (χ0v) is 8.74. The first-order valence-corrected chi connectivity index (χ1v) is 4.49. The number of hydrogen-bond donors (Lipinski definition) is 1. The van der Waals surface area contributed by atoms with E-state index >= 15 is 0 Å². The molecule has 82 valence electrons. The van der Waals surface area contributed by atoms with E-state index in [9.17, 15) is 18.9 Å². The highest BCUT2D eigenvalue weighted by atomic mass is 79.9. The largest absolute Gasteiger partial charge is 0.390 e. The molecule has 0 saturated carbocycles. The van der Waals surface area contributed by atoms with Crippen molar-refractivity contribution in [2.75, 3.05) is 0 Å². The molecule has 0 aliphatic rings. The van der Waals surface area contributed by atoms with Crippen LogP contribution in [0.5, 0.6) is 0 Å². The highest BCUT2D eigenvalue weighted by Gasteiger charge is 2.26. The number of pyridine rings is 1. The summed E-state index contributed by atoms with van der Waals surface area (Å²) in [5.74, 6) is 0. The van der Waals surface area contributed by atoms with Gasteiger partial charge in [0.05, 0.1) is 17.2 Å². The van der Waals surface area contributed by atoms with Crippen LogP contribution in [0.2, 0.25) is 0 Å². The zero-order chi connectivity index (χ0) is 11.6. The Bertz CT molecular complexity index is 400. The quantitative estimate of drug-likeness (QED) is 0.524. The molecule has 1 heterocycles. The van der Waals surface area contributed by atoms with Crippen LogP contribution in [0.15, 0.2) is 10.7 Å². The maximum absolute atomic E-state index is 12.4. The lowest BCUT2D eigenvalue weighted by atomic mass is 10.2. The van der Waals surface area contributed by atoms with Gasteiger partial charge in [-0.15, -0.1) is 0 Å². The number of aliphatic hydroxyl groups is 1. The van der Waals surface area contributed by atoms with Crippen molar-refractivity contribution in [2.45, 2.75) is 13.0 Å². The summed E-state index contributed by atoms with van der Waals surface area (Å²) in [4.78, 5) is 13.1. The molecule has 1 aromatic heterocycles. The van der Waals surface area contributed by atoms with Crippen LogP contribution in [0.1, 0.15) is 17.7 Å². The van der Waals surface area contributed by atoms with Gasteiger partial charge in [0.15, 0.2) is 0 Å². The van der Waals surface area contributed by atoms with E-state index in [1.165, 1.54) is 0 Å². The van der Waals surface area contributed by atoms with Gasteiger partial charge in [-0.05, 0) is 15.9 Å². The average Bonchev–Trinajstić information content (AvgIpc) is 2.15. The first-order chi connectivity index (χ1) is 6.97. The summed E-state index contributed by atoms with van der Waals surface area (Å²) >= 11 is 2.70. The zero-order valence-electron chi connectivity index (χ0n) is 7.15. The Hall–Kier alpha value is -1.15. The second-order valence-corrected chi connectivity index (χ2v) is 3.30. The van der Waals surface area contributed by atoms with Gasteiger partial charge < -0.3 is 5.11 Å². The monoisotopic (exact) mass is 282 g/mol. The molecule has 0 bridgehead atoms. The summed E-state index contributed by atoms with van der Waals surface area (Å²) in [7, 11) is 0. The Morgan fingerprint density at radius 1 is 1.67 bits per heavy atom. The van der Waals surface area contributed by atoms with Gasteiger partial charge in [0.1, 0.15) is 10.2 Å². The second-order valence-electron chi connectivity index (χ2n) is 2.55. The molecule has 0 saturated heterocycles. The van der Waals surface area contributed by atoms with Crippen molar-refractivity contribution in [2.24, 2.45) is 0 Å². The van der Waals surface area contributed by atoms with Crippen molar-refractivity contribution in [1.82, 2.24) is 4.98 Å². The lowest BCUT2D eigenvalue weighted by Gasteiger charge is -2.05. The molecule has 0 atom stereocenters. The number of alkyl halides is 2. The van der Waals surface area contributed by atoms with Crippen molar-refractivity contribution in [1.29, 1.82) is 0 Å². The Labute approximate surface area is 91.0 Å². The van der Waals surface area contributed by atoms with Gasteiger partial charge in [0.2, 0.25) is 0 Å². The number of halogens is 3. The molecule has 0 spiro atoms. The predicted octanol–water partition coefficient (Wildman–Crippen LogP) is 2.18. The van der Waals surface area contributed by atoms with E-state index in [-0.39, 0.29) is 10.3 Å². The maximum atomic E-state index is 12.4. The first kappa shape index (κ1) is 11.9. The van der Waals surface area contributed by atoms with Gasteiger partial charge in [0, 0.05) is 6.07 Å². The minimum Gasteiger partial charge on any atom is -0.390 e. The molecule has 0 aromatic carbocycles. The van der Waals surface area contributed by atoms with Gasteiger partial charge in [-0.25, -0.2) is 13.8 Å². The molecule has 0 amide bonds. The van der Waals surface area contributed by atoms with Crippen molar-refractivity contribution >= 4 is 21.6 Å². The number of aromatic nitrogens is 1. The Kier molecular flexibility index (Phi) is 3.64. The lowest BCUT2D eigenvalue weighted by molar-refractivity contribution is -0.386. The van der Waals surface area contributed by atoms with Crippen molar-refractivity contribution in [3.8, 4) is 0 Å². The fraction of sp³-hybridized carbons (Fsp3) is 0.286. The molecule has 8 heteroatoms. The minimum absolute atomic E-state index is 0.0435. The molecule has 1 aromatic rings. The van der Waals surface area contributed by atoms with Crippen LogP contribution in [0.3, 0.4) is 0 Å². The number of nitrogens with zero attached hydrogens (tertiary/aromatic N) is 2. The van der Waals surface area contributed by atoms with E-state index in [0.29, 0.717) is 0 Å². The standard InChI is InChI=1S/C7H5BrF2N2O3/c8-6-5(7(9)10)4(12(14)15)1-3(2-13)11-6/h1,7,13H,2H2. The topological polar surface area (TPSA) is 76.3 Å². The van der Waals surface area contributed by atoms with Gasteiger partial charge in [-0.3, -0.25) is 10.1 Å². The molecule has 1 N–H and O–H groups in total. The first-order valence-electron chi connectivity index (χ1n) is 3.70. The van der Waals surface area contributed by atoms with E-state index in [0.717, 1.165) is 6.07 Å². The molecule has 15 heavy (non-hydrogen) atoms. The van der Waals surface area contributed by atoms with E-state index in [4.69, 9.17) is 5.11 Å². The summed E-state index contributed by atoms with van der Waals surface area (Å²) in [6.45, 7) is -0.553. The second kappa shape index (κ2) is 4.58. The fourth-order valence-corrected chi connectivity index (χ4v) is 1.60. The van der Waals surface area contributed by atoms with E-state index in [1.54, 1.807) is 0 Å². The normalized spacial score (nSPS) is 10.7. The third kappa shape index (κ3) is 2.45. The minimum atomic E-state index is -3.00. The SMILES string of the molecule is O=[N+]([O-])c1cc(CO)nc(Br)c1C(F)F. The molecular weight excluding hydrogens is 278 g/mol. The van der Waals surface area contributed by atoms with Gasteiger partial charge in [-0.1, -0.05) is 0 Å². The molecular formula is C7H5BrF2N2O3. The molecule has 0 unspecified atom stereocenters. The summed E-state index contributed by atoms with van der Waals surface area (Å²) in [5.41, 5.74) is -1.58. The average molecular weight is 283 g/mol. The smallest absolute Gasteiger partial charge is 0.282 e. The Morgan fingerprint density at radius 3 is 2.67 bits per heavy atom. The lowest BCUT2D eigenvalue weighted by Crippen LogP contribution is -2.02. The number of hydrogen-bond acceptors (Lipinski definition) is 4. The maximum Gasteiger partial charge on any atom is 0.282 e. The molecule has 5 nitrogen and oxygen atoms in total. The van der Waals surface area contributed by atoms with Crippen LogP contribution in [0, 0.1) is 10.1 Å². The van der Waals surface area contributed by atoms with Crippen LogP contribution in [-0.4, -0.2) is 15.0 Å². The highest BCUT2D eigenvalue weighted by Crippen LogP contribution is 2.34. The fourth-order valence-electron chi connectivity index (χ4n) is 0.994. The number of nitro groups is 1. The van der Waals surface area contributed by atoms with E-state index in [1.807, 2.05) is 0 Å². The highest BCUT2D eigenvalue weighted by molar-refractivity contribution is 9.10. The van der Waals surface area contributed by atoms with Crippen LogP contribution < -0.4 is 0 Å². The van der Waals surface area contributed by atoms with Crippen LogP contribution in [0.25, 0.3) is 0 Å². The third-order valence-corrected chi connectivity index (χ3v) is 2.22. The summed E-state index contributed by atoms with van der Waals surface area (Å²) in [6, 6.07) is 0.826. The summed E-state index contributed by atoms with van der Waals surface area (Å²) < 4.78 is 24.6. The third-order valence-electron chi connectivity index (χ3n) is 1.62. The van der Waals surface area contributed by atoms with Gasteiger partial charge >= 0.3 is 0 Å². The van der Waals surface area contributed by atoms with Crippen molar-refractivity contribution in [3.05, 3.63) is 32.0 Å². The molecule has 0 aliphatic heterocycles. The van der Waals surface area contributed by atoms with E-state index in [2.05, 4.69) is 20.9 Å². The van der Waals surface area contributed by atoms with Gasteiger partial charge in [-0.2, -0.15) is 0 Å². The summed E-state index contributed by atoms with van der Waals surface area (Å²) in [6.07, 6.45) is -3.00. The van der Waals surface area contributed by atoms with Crippen LogP contribution in [-0.2, 0) is 6.61 Å². The number of aliphatic hydroxyl groups excluding tert-OH is 1. The Balaban J connectivity index is 3.42. The molecule has 0 fully saturated rings. The van der Waals surface area contributed by atoms with E-state index < -0.39 is 29.2 Å². The molecule has 1 rings (SSSR count). The predicted molar refractivity (Wildman–Crippen MR) is 49.5 cm³/mol. The summed E-state index contributed by atoms with van der Waals surface area (Å²) in [5, 5.41) is 19.2. The number of rotatable bonds is 3.